The van der Waals surface area contributed by atoms with Crippen LogP contribution in [0.15, 0.2) is 94.4 Å². The fraction of sp³-hybridized carbons (Fsp3) is 0.115. The van der Waals surface area contributed by atoms with Gasteiger partial charge in [-0.15, -0.1) is 0 Å². The van der Waals surface area contributed by atoms with E-state index in [9.17, 15) is 4.79 Å². The number of aryl methyl sites for hydroxylation is 2. The van der Waals surface area contributed by atoms with E-state index in [2.05, 4.69) is 0 Å². The van der Waals surface area contributed by atoms with Gasteiger partial charge in [0.1, 0.15) is 5.71 Å². The Morgan fingerprint density at radius 2 is 1.29 bits per heavy atom. The fourth-order valence-electron chi connectivity index (χ4n) is 3.36. The molecule has 5 nitrogen and oxygen atoms in total. The van der Waals surface area contributed by atoms with E-state index in [1.165, 1.54) is 4.90 Å². The lowest BCUT2D eigenvalue weighted by molar-refractivity contribution is -0.121. The summed E-state index contributed by atoms with van der Waals surface area (Å²) in [5.74, 6) is 0.251. The molecule has 0 unspecified atom stereocenters. The molecule has 0 bridgehead atoms. The van der Waals surface area contributed by atoms with Gasteiger partial charge in [-0.2, -0.15) is 0 Å². The molecule has 1 amide bonds. The van der Waals surface area contributed by atoms with Crippen molar-refractivity contribution in [1.82, 2.24) is 4.90 Å². The Labute approximate surface area is 182 Å². The van der Waals surface area contributed by atoms with E-state index in [0.717, 1.165) is 28.1 Å². The summed E-state index contributed by atoms with van der Waals surface area (Å²) in [6, 6.07) is 25.1. The first-order valence-corrected chi connectivity index (χ1v) is 10.1. The van der Waals surface area contributed by atoms with Gasteiger partial charge in [0.2, 0.25) is 0 Å². The molecule has 3 aromatic rings. The summed E-state index contributed by atoms with van der Waals surface area (Å²) in [5.41, 5.74) is 12.2. The lowest BCUT2D eigenvalue weighted by Gasteiger charge is -2.09. The summed E-state index contributed by atoms with van der Waals surface area (Å²) < 4.78 is 0. The van der Waals surface area contributed by atoms with Crippen molar-refractivity contribution in [3.63, 3.8) is 0 Å². The van der Waals surface area contributed by atoms with Crippen LogP contribution < -0.4 is 5.73 Å². The van der Waals surface area contributed by atoms with Crippen LogP contribution in [-0.4, -0.2) is 29.4 Å². The predicted octanol–water partition coefficient (Wildman–Crippen LogP) is 4.95. The number of hydrogen-bond acceptors (Lipinski definition) is 4. The molecule has 1 aliphatic heterocycles. The topological polar surface area (TPSA) is 71.0 Å². The monoisotopic (exact) mass is 408 g/mol. The molecular formula is C26H24N4O. The van der Waals surface area contributed by atoms with Crippen molar-refractivity contribution in [2.45, 2.75) is 13.8 Å². The van der Waals surface area contributed by atoms with Crippen LogP contribution in [0.1, 0.15) is 16.7 Å². The average Bonchev–Trinajstić information content (AvgIpc) is 3.01. The van der Waals surface area contributed by atoms with Crippen molar-refractivity contribution < 1.29 is 4.79 Å². The Bertz CT molecular complexity index is 1200. The van der Waals surface area contributed by atoms with Crippen LogP contribution in [0.2, 0.25) is 0 Å². The molecule has 0 aromatic heterocycles. The highest BCUT2D eigenvalue weighted by Crippen LogP contribution is 2.28. The normalized spacial score (nSPS) is 18.2. The number of nitrogens with two attached hydrogens (primary N) is 1. The Kier molecular flexibility index (Phi) is 5.50. The Balaban J connectivity index is 1.93. The zero-order chi connectivity index (χ0) is 22.0. The fourth-order valence-corrected chi connectivity index (χ4v) is 3.36. The number of carbonyl (C=O) groups is 1. The second kappa shape index (κ2) is 8.40. The molecule has 0 radical (unpaired) electrons. The molecule has 2 N–H and O–H groups in total. The van der Waals surface area contributed by atoms with E-state index >= 15 is 0 Å². The maximum absolute atomic E-state index is 13.3. The predicted molar refractivity (Wildman–Crippen MR) is 127 cm³/mol. The summed E-state index contributed by atoms with van der Waals surface area (Å²) in [7, 11) is 1.70. The summed E-state index contributed by atoms with van der Waals surface area (Å²) in [6.45, 7) is 4.04. The van der Waals surface area contributed by atoms with Gasteiger partial charge in [-0.05, 0) is 43.7 Å². The van der Waals surface area contributed by atoms with Gasteiger partial charge in [0, 0.05) is 7.05 Å². The zero-order valence-electron chi connectivity index (χ0n) is 17.8. The molecule has 3 aromatic carbocycles. The van der Waals surface area contributed by atoms with E-state index in [-0.39, 0.29) is 5.91 Å². The van der Waals surface area contributed by atoms with Crippen LogP contribution in [0, 0.1) is 13.8 Å². The van der Waals surface area contributed by atoms with Gasteiger partial charge in [0.05, 0.1) is 22.6 Å². The first kappa shape index (κ1) is 20.3. The minimum absolute atomic E-state index is 0.224. The Morgan fingerprint density at radius 1 is 0.774 bits per heavy atom. The SMILES string of the molecule is Cc1ccc(N=C2C(=Nc3ccc(C)cc3)N(C)C(=O)/C2=C(/N)c2ccccc2)cc1. The summed E-state index contributed by atoms with van der Waals surface area (Å²) in [4.78, 5) is 24.3. The first-order chi connectivity index (χ1) is 14.9. The smallest absolute Gasteiger partial charge is 0.263 e. The minimum atomic E-state index is -0.224. The minimum Gasteiger partial charge on any atom is -0.398 e. The van der Waals surface area contributed by atoms with E-state index in [1.807, 2.05) is 92.7 Å². The first-order valence-electron chi connectivity index (χ1n) is 10.1. The van der Waals surface area contributed by atoms with E-state index in [1.54, 1.807) is 7.05 Å². The van der Waals surface area contributed by atoms with Crippen molar-refractivity contribution in [3.8, 4) is 0 Å². The third-order valence-corrected chi connectivity index (χ3v) is 5.18. The van der Waals surface area contributed by atoms with Gasteiger partial charge >= 0.3 is 0 Å². The highest BCUT2D eigenvalue weighted by Gasteiger charge is 2.38. The number of amides is 1. The number of nitrogens with zero attached hydrogens (tertiary/aromatic N) is 3. The second-order valence-electron chi connectivity index (χ2n) is 7.59. The maximum Gasteiger partial charge on any atom is 0.263 e. The van der Waals surface area contributed by atoms with Crippen LogP contribution in [0.3, 0.4) is 0 Å². The third kappa shape index (κ3) is 4.16. The van der Waals surface area contributed by atoms with Gasteiger partial charge < -0.3 is 5.73 Å². The Morgan fingerprint density at radius 3 is 1.84 bits per heavy atom. The number of amidine groups is 1. The molecule has 154 valence electrons. The Hall–Kier alpha value is -3.99. The van der Waals surface area contributed by atoms with E-state index in [0.29, 0.717) is 22.8 Å². The van der Waals surface area contributed by atoms with E-state index < -0.39 is 0 Å². The van der Waals surface area contributed by atoms with Crippen LogP contribution >= 0.6 is 0 Å². The van der Waals surface area contributed by atoms with Crippen molar-refractivity contribution in [2.24, 2.45) is 15.7 Å². The number of rotatable bonds is 3. The van der Waals surface area contributed by atoms with Crippen LogP contribution in [-0.2, 0) is 4.79 Å². The molecule has 1 fully saturated rings. The number of likely N-dealkylation sites (tertiary alicyclic amines) is 1. The average molecular weight is 409 g/mol. The van der Waals surface area contributed by atoms with Crippen molar-refractivity contribution in [2.75, 3.05) is 7.05 Å². The number of carbonyl (C=O) groups excluding carboxylic acids is 1. The lowest BCUT2D eigenvalue weighted by Crippen LogP contribution is -2.26. The molecule has 0 atom stereocenters. The number of benzene rings is 3. The zero-order valence-corrected chi connectivity index (χ0v) is 17.8. The van der Waals surface area contributed by atoms with Gasteiger partial charge in [-0.1, -0.05) is 65.7 Å². The maximum atomic E-state index is 13.3. The third-order valence-electron chi connectivity index (χ3n) is 5.18. The molecular weight excluding hydrogens is 384 g/mol. The molecule has 5 heteroatoms. The summed E-state index contributed by atoms with van der Waals surface area (Å²) >= 11 is 0. The summed E-state index contributed by atoms with van der Waals surface area (Å²) in [5, 5.41) is 0. The molecule has 0 aliphatic carbocycles. The highest BCUT2D eigenvalue weighted by atomic mass is 16.2. The second-order valence-corrected chi connectivity index (χ2v) is 7.59. The van der Waals surface area contributed by atoms with Crippen LogP contribution in [0.5, 0.6) is 0 Å². The van der Waals surface area contributed by atoms with Gasteiger partial charge in [-0.3, -0.25) is 9.69 Å². The van der Waals surface area contributed by atoms with Crippen LogP contribution in [0.25, 0.3) is 5.70 Å². The molecule has 4 rings (SSSR count). The van der Waals surface area contributed by atoms with Crippen molar-refractivity contribution in [1.29, 1.82) is 0 Å². The standard InChI is InChI=1S/C26H24N4O/c1-17-9-13-20(14-10-17)28-24-22(23(27)19-7-5-4-6-8-19)26(31)30(3)25(24)29-21-15-11-18(2)12-16-21/h4-16H,27H2,1-3H3/b23-22+,28-24?,29-25?. The largest absolute Gasteiger partial charge is 0.398 e. The molecule has 1 heterocycles. The molecule has 1 aliphatic rings. The van der Waals surface area contributed by atoms with Gasteiger partial charge in [0.15, 0.2) is 5.84 Å². The molecule has 0 saturated carbocycles. The quantitative estimate of drug-likeness (QED) is 0.623. The molecule has 1 saturated heterocycles. The summed E-state index contributed by atoms with van der Waals surface area (Å²) in [6.07, 6.45) is 0. The van der Waals surface area contributed by atoms with Gasteiger partial charge in [0.25, 0.3) is 5.91 Å². The van der Waals surface area contributed by atoms with Crippen molar-refractivity contribution >= 4 is 34.5 Å². The number of likely N-dealkylation sites (N-methyl/N-ethyl adjacent to an activating group) is 1. The number of aliphatic imine (C=N–C) groups is 2. The van der Waals surface area contributed by atoms with Crippen LogP contribution in [0.4, 0.5) is 11.4 Å². The number of hydrogen-bond donors (Lipinski definition) is 1. The van der Waals surface area contributed by atoms with Crippen molar-refractivity contribution in [3.05, 3.63) is 101 Å². The van der Waals surface area contributed by atoms with Gasteiger partial charge in [-0.25, -0.2) is 9.98 Å². The highest BCUT2D eigenvalue weighted by molar-refractivity contribution is 6.62. The molecule has 31 heavy (non-hydrogen) atoms. The van der Waals surface area contributed by atoms with E-state index in [4.69, 9.17) is 15.7 Å². The lowest BCUT2D eigenvalue weighted by atomic mass is 10.0. The molecule has 0 spiro atoms.